The third-order valence-electron chi connectivity index (χ3n) is 4.97. The number of nitriles is 1. The van der Waals surface area contributed by atoms with Crippen LogP contribution < -0.4 is 16.6 Å². The Morgan fingerprint density at radius 2 is 2.06 bits per heavy atom. The number of hydrogen-bond acceptors (Lipinski definition) is 8. The number of anilines is 2. The molecule has 0 radical (unpaired) electrons. The average molecular weight is 447 g/mol. The van der Waals surface area contributed by atoms with E-state index >= 15 is 0 Å². The lowest BCUT2D eigenvalue weighted by Gasteiger charge is -2.22. The van der Waals surface area contributed by atoms with E-state index in [0.717, 1.165) is 0 Å². The molecular weight excluding hydrogens is 428 g/mol. The molecule has 0 amide bonds. The van der Waals surface area contributed by atoms with Crippen LogP contribution in [0.2, 0.25) is 5.02 Å². The minimum absolute atomic E-state index is 0.0836. The molecule has 4 aromatic rings. The van der Waals surface area contributed by atoms with Crippen LogP contribution >= 0.6 is 11.6 Å². The molecule has 0 fully saturated rings. The zero-order valence-corrected chi connectivity index (χ0v) is 18.1. The number of hydrogen-bond donors (Lipinski definition) is 2. The third-order valence-corrected chi connectivity index (χ3v) is 5.28. The van der Waals surface area contributed by atoms with Gasteiger partial charge in [-0.15, -0.1) is 0 Å². The van der Waals surface area contributed by atoms with Crippen LogP contribution in [0.5, 0.6) is 0 Å². The summed E-state index contributed by atoms with van der Waals surface area (Å²) < 4.78 is 1.48. The van der Waals surface area contributed by atoms with Gasteiger partial charge in [-0.1, -0.05) is 24.6 Å². The van der Waals surface area contributed by atoms with Gasteiger partial charge in [-0.25, -0.2) is 15.0 Å². The summed E-state index contributed by atoms with van der Waals surface area (Å²) in [5.41, 5.74) is 6.74. The summed E-state index contributed by atoms with van der Waals surface area (Å²) in [4.78, 5) is 30.9. The summed E-state index contributed by atoms with van der Waals surface area (Å²) in [6, 6.07) is 10.2. The van der Waals surface area contributed by atoms with Crippen molar-refractivity contribution in [3.63, 3.8) is 0 Å². The van der Waals surface area contributed by atoms with Crippen LogP contribution in [-0.2, 0) is 0 Å². The normalized spacial score (nSPS) is 11.8. The number of nitrogen functional groups attached to an aromatic ring is 1. The number of pyridine rings is 1. The van der Waals surface area contributed by atoms with E-state index in [9.17, 15) is 10.1 Å². The molecule has 4 rings (SSSR count). The van der Waals surface area contributed by atoms with Crippen LogP contribution in [0.25, 0.3) is 16.6 Å². The molecule has 160 valence electrons. The van der Waals surface area contributed by atoms with Gasteiger partial charge in [0.1, 0.15) is 29.1 Å². The quantitative estimate of drug-likeness (QED) is 0.475. The van der Waals surface area contributed by atoms with Crippen LogP contribution in [0.4, 0.5) is 11.6 Å². The second-order valence-electron chi connectivity index (χ2n) is 7.05. The molecule has 0 bridgehead atoms. The summed E-state index contributed by atoms with van der Waals surface area (Å²) in [6.45, 7) is 3.62. The summed E-state index contributed by atoms with van der Waals surface area (Å²) in [5, 5.41) is 13.4. The third kappa shape index (κ3) is 3.72. The fourth-order valence-corrected chi connectivity index (χ4v) is 3.75. The van der Waals surface area contributed by atoms with Crippen molar-refractivity contribution in [3.05, 3.63) is 75.3 Å². The van der Waals surface area contributed by atoms with Crippen molar-refractivity contribution in [2.75, 3.05) is 11.1 Å². The Bertz CT molecular complexity index is 1410. The van der Waals surface area contributed by atoms with Crippen LogP contribution in [-0.4, -0.2) is 24.5 Å². The van der Waals surface area contributed by atoms with E-state index in [1.54, 1.807) is 49.6 Å². The number of nitrogens with one attached hydrogen (secondary N) is 1. The number of rotatable bonds is 5. The van der Waals surface area contributed by atoms with Gasteiger partial charge in [0.05, 0.1) is 33.9 Å². The number of benzene rings is 1. The molecule has 3 aromatic heterocycles. The molecule has 0 saturated carbocycles. The molecule has 10 heteroatoms. The fraction of sp³-hybridized carbons (Fsp3) is 0.182. The van der Waals surface area contributed by atoms with Crippen LogP contribution in [0, 0.1) is 18.3 Å². The summed E-state index contributed by atoms with van der Waals surface area (Å²) in [6.07, 6.45) is 3.74. The molecule has 3 heterocycles. The summed E-state index contributed by atoms with van der Waals surface area (Å²) in [5.74, 6) is 1.21. The molecule has 0 spiro atoms. The van der Waals surface area contributed by atoms with E-state index in [0.29, 0.717) is 39.7 Å². The number of fused-ring (bicyclic) bond motifs is 1. The van der Waals surface area contributed by atoms with Crippen molar-refractivity contribution in [2.45, 2.75) is 26.3 Å². The zero-order valence-electron chi connectivity index (χ0n) is 17.4. The van der Waals surface area contributed by atoms with Gasteiger partial charge in [-0.3, -0.25) is 14.3 Å². The van der Waals surface area contributed by atoms with Gasteiger partial charge >= 0.3 is 0 Å². The van der Waals surface area contributed by atoms with Crippen molar-refractivity contribution >= 4 is 34.1 Å². The zero-order chi connectivity index (χ0) is 22.8. The van der Waals surface area contributed by atoms with E-state index < -0.39 is 6.04 Å². The Morgan fingerprint density at radius 1 is 1.25 bits per heavy atom. The highest BCUT2D eigenvalue weighted by atomic mass is 35.5. The Balaban J connectivity index is 1.97. The number of aromatic nitrogens is 5. The van der Waals surface area contributed by atoms with Crippen molar-refractivity contribution in [2.24, 2.45) is 0 Å². The highest BCUT2D eigenvalue weighted by Gasteiger charge is 2.23. The first kappa shape index (κ1) is 21.2. The van der Waals surface area contributed by atoms with Gasteiger partial charge in [-0.05, 0) is 37.6 Å². The van der Waals surface area contributed by atoms with Crippen LogP contribution in [0.15, 0.2) is 47.5 Å². The Hall–Kier alpha value is -4.03. The molecule has 32 heavy (non-hydrogen) atoms. The monoisotopic (exact) mass is 446 g/mol. The van der Waals surface area contributed by atoms with E-state index in [2.05, 4.69) is 20.3 Å². The Morgan fingerprint density at radius 3 is 2.75 bits per heavy atom. The van der Waals surface area contributed by atoms with E-state index in [1.165, 1.54) is 4.57 Å². The van der Waals surface area contributed by atoms with Gasteiger partial charge in [0.2, 0.25) is 0 Å². The van der Waals surface area contributed by atoms with Gasteiger partial charge < -0.3 is 11.1 Å². The Kier molecular flexibility index (Phi) is 5.71. The number of halogens is 1. The molecule has 0 saturated heterocycles. The molecule has 0 aliphatic rings. The van der Waals surface area contributed by atoms with Crippen molar-refractivity contribution in [1.29, 1.82) is 5.26 Å². The lowest BCUT2D eigenvalue weighted by atomic mass is 10.1. The maximum absolute atomic E-state index is 13.6. The summed E-state index contributed by atoms with van der Waals surface area (Å²) in [7, 11) is 0. The molecule has 9 nitrogen and oxygen atoms in total. The predicted molar refractivity (Wildman–Crippen MR) is 123 cm³/mol. The molecular formula is C22H19ClN8O. The first-order chi connectivity index (χ1) is 15.4. The van der Waals surface area contributed by atoms with Crippen molar-refractivity contribution in [3.8, 4) is 11.8 Å². The SMILES string of the molecule is CC[C@H](Nc1nc(C)nc(N)c1C#N)c1nc2cccc(Cl)c2c(=O)n1-c1cccnc1. The maximum atomic E-state index is 13.6. The number of nitrogens with two attached hydrogens (primary N) is 1. The first-order valence-electron chi connectivity index (χ1n) is 9.86. The molecule has 0 aliphatic heterocycles. The standard InChI is InChI=1S/C22H19ClN8O/c1-3-16(29-20-14(10-24)19(25)27-12(2)28-20)21-30-17-8-4-7-15(23)18(17)22(32)31(21)13-6-5-9-26-11-13/h4-9,11,16H,3H2,1-2H3,(H3,25,27,28,29)/t16-/m0/s1. The predicted octanol–water partition coefficient (Wildman–Crippen LogP) is 3.55. The van der Waals surface area contributed by atoms with Crippen LogP contribution in [0.1, 0.15) is 36.6 Å². The lowest BCUT2D eigenvalue weighted by Crippen LogP contribution is -2.28. The molecule has 3 N–H and O–H groups in total. The minimum atomic E-state index is -0.480. The molecule has 1 aromatic carbocycles. The second kappa shape index (κ2) is 8.61. The number of nitrogens with zero attached hydrogens (tertiary/aromatic N) is 6. The van der Waals surface area contributed by atoms with Crippen molar-refractivity contribution in [1.82, 2.24) is 24.5 Å². The fourth-order valence-electron chi connectivity index (χ4n) is 3.50. The second-order valence-corrected chi connectivity index (χ2v) is 7.46. The van der Waals surface area contributed by atoms with Gasteiger partial charge in [-0.2, -0.15) is 5.26 Å². The topological polar surface area (TPSA) is 135 Å². The number of aryl methyl sites for hydroxylation is 1. The van der Waals surface area contributed by atoms with Gasteiger partial charge in [0.25, 0.3) is 5.56 Å². The Labute approximate surface area is 188 Å². The van der Waals surface area contributed by atoms with Gasteiger partial charge in [0.15, 0.2) is 5.82 Å². The highest BCUT2D eigenvalue weighted by molar-refractivity contribution is 6.35. The first-order valence-corrected chi connectivity index (χ1v) is 10.2. The highest BCUT2D eigenvalue weighted by Crippen LogP contribution is 2.28. The molecule has 0 aliphatic carbocycles. The molecule has 1 atom stereocenters. The van der Waals surface area contributed by atoms with E-state index in [1.807, 2.05) is 13.0 Å². The van der Waals surface area contributed by atoms with E-state index in [4.69, 9.17) is 22.3 Å². The lowest BCUT2D eigenvalue weighted by molar-refractivity contribution is 0.657. The summed E-state index contributed by atoms with van der Waals surface area (Å²) >= 11 is 6.34. The maximum Gasteiger partial charge on any atom is 0.267 e. The smallest absolute Gasteiger partial charge is 0.267 e. The van der Waals surface area contributed by atoms with Crippen molar-refractivity contribution < 1.29 is 0 Å². The largest absolute Gasteiger partial charge is 0.382 e. The minimum Gasteiger partial charge on any atom is -0.382 e. The average Bonchev–Trinajstić information content (AvgIpc) is 2.77. The van der Waals surface area contributed by atoms with Crippen LogP contribution in [0.3, 0.4) is 0 Å². The van der Waals surface area contributed by atoms with E-state index in [-0.39, 0.29) is 22.8 Å². The molecule has 0 unspecified atom stereocenters. The van der Waals surface area contributed by atoms with Gasteiger partial charge in [0, 0.05) is 6.20 Å².